The van der Waals surface area contributed by atoms with Crippen LogP contribution < -0.4 is 164 Å². The van der Waals surface area contributed by atoms with Crippen molar-refractivity contribution in [2.45, 2.75) is 122 Å². The zero-order chi connectivity index (χ0) is 96.9. The van der Waals surface area contributed by atoms with E-state index in [0.717, 1.165) is 199 Å². The van der Waals surface area contributed by atoms with Crippen molar-refractivity contribution in [1.82, 2.24) is 20.9 Å². The van der Waals surface area contributed by atoms with Gasteiger partial charge in [-0.3, -0.25) is 28.8 Å². The van der Waals surface area contributed by atoms with E-state index in [0.29, 0.717) is 22.4 Å². The van der Waals surface area contributed by atoms with Gasteiger partial charge in [0.25, 0.3) is 36.0 Å². The molecule has 719 valence electrons. The monoisotopic (exact) mass is 2360 g/mol. The van der Waals surface area contributed by atoms with Crippen LogP contribution in [0.25, 0.3) is 53.9 Å². The van der Waals surface area contributed by atoms with Crippen molar-refractivity contribution in [2.75, 3.05) is 150 Å². The fourth-order valence-corrected chi connectivity index (χ4v) is 18.3. The van der Waals surface area contributed by atoms with Crippen molar-refractivity contribution in [1.29, 1.82) is 0 Å². The maximum atomic E-state index is 12.9. The standard InChI is InChI=1S/C23H29F3N3OP.C20H22F3N3O.C15H11BrF3NO.C11H6BrNO.C11H7NO.C9H11I.C5H12N2.C4H9O.CH2O3.Br2.3K/c24-23(25,26)9-2-13-29-20-8-7-19(17-5-1-6-18(21(17)20)22(29)30)28-12-3-10-27(14-15-28)11-4-16-31;21-20(22,23)8-2-12-26-17-7-6-16(25-11-3-9-24-10-13-25)14-4-1-5-15(18(14)17)19(26)27;16-11-5-6-12-13-9(11)3-1-4-10(13)14(21)20(12)8-2-7-15(17,18)19;12-8-4-5-9-10-6(8)2-1-3-7(10)11(14)13-9;13-11-8-5-1-3-7-4-2-6-9(12-11)10(7)8;10-8-4-7-9-5-2-1-3-6-9;1-2-6-4-5-7-3-1;1-4(2,3)5;2-1-4-3;1-2;;;/h1,5-8H,2-4,9-16,31H2;1,4-7,24H,2-3,8-13H2;1,3-6H,2,7-8H2;1-5H,(H,13,14);1-6H,(H,12,13);1-3,5-6H,4,7-8H2;6-7H,1-5H2;1-3H3;1,3H;;;;/q;;;;;;;-1;;;;2*+1/p-1. The molecule has 3 fully saturated rings. The molecule has 8 heterocycles. The van der Waals surface area contributed by atoms with Crippen LogP contribution in [0.4, 0.5) is 79.3 Å². The van der Waals surface area contributed by atoms with E-state index in [1.165, 1.54) is 63.5 Å². The van der Waals surface area contributed by atoms with Crippen LogP contribution in [0, 0.1) is 0 Å². The number of rotatable bonds is 18. The van der Waals surface area contributed by atoms with Gasteiger partial charge in [-0.15, -0.1) is 14.8 Å². The Bertz CT molecular complexity index is 5810. The van der Waals surface area contributed by atoms with Crippen molar-refractivity contribution in [3.63, 3.8) is 0 Å². The smallest absolute Gasteiger partial charge is 0.850 e. The van der Waals surface area contributed by atoms with Gasteiger partial charge in [0.15, 0.2) is 0 Å². The Hall–Kier alpha value is -3.74. The Morgan fingerprint density at radius 2 is 0.810 bits per heavy atom. The molecule has 0 saturated carbocycles. The molecule has 5 amide bonds. The van der Waals surface area contributed by atoms with Gasteiger partial charge in [-0.05, 0) is 208 Å². The molecule has 38 heteroatoms. The number of anilines is 7. The quantitative estimate of drug-likeness (QED) is 0.00785. The molecule has 11 aromatic carbocycles. The molecule has 1 unspecified atom stereocenters. The third-order valence-electron chi connectivity index (χ3n) is 22.6. The average Bonchev–Trinajstić information content (AvgIpc) is 1.58. The van der Waals surface area contributed by atoms with Crippen molar-refractivity contribution < 1.29 is 186 Å². The normalized spacial score (nSPS) is 14.9. The summed E-state index contributed by atoms with van der Waals surface area (Å²) in [7, 11) is 2.79. The first-order valence-electron chi connectivity index (χ1n) is 44.3. The number of carbonyl (C=O) groups is 6. The molecule has 137 heavy (non-hydrogen) atoms. The summed E-state index contributed by atoms with van der Waals surface area (Å²) in [6, 6.07) is 60.1. The zero-order valence-corrected chi connectivity index (χ0v) is 96.4. The molecule has 20 nitrogen and oxygen atoms in total. The Morgan fingerprint density at radius 1 is 0.423 bits per heavy atom. The molecule has 1 atom stereocenters. The summed E-state index contributed by atoms with van der Waals surface area (Å²) in [5.41, 5.74) is 10.2. The zero-order valence-electron chi connectivity index (χ0n) is 77.4. The molecular formula is C99H108Br4F9IK3N11O9P. The van der Waals surface area contributed by atoms with Crippen LogP contribution in [-0.2, 0) is 16.1 Å². The Balaban J connectivity index is 0.000000221. The maximum Gasteiger partial charge on any atom is 1.00 e. The summed E-state index contributed by atoms with van der Waals surface area (Å²) in [5, 5.41) is 43.9. The topological polar surface area (TPSA) is 237 Å². The number of alkyl halides is 10. The van der Waals surface area contributed by atoms with Gasteiger partial charge in [0.2, 0.25) is 0 Å². The second-order valence-corrected chi connectivity index (χ2v) is 36.6. The van der Waals surface area contributed by atoms with Crippen molar-refractivity contribution in [3.05, 3.63) is 230 Å². The number of amides is 5. The van der Waals surface area contributed by atoms with E-state index >= 15 is 0 Å². The van der Waals surface area contributed by atoms with E-state index in [-0.39, 0.29) is 229 Å². The van der Waals surface area contributed by atoms with E-state index in [1.807, 2.05) is 127 Å². The van der Waals surface area contributed by atoms with Gasteiger partial charge in [-0.1, -0.05) is 178 Å². The first-order chi connectivity index (χ1) is 64.2. The van der Waals surface area contributed by atoms with Crippen molar-refractivity contribution >= 4 is 273 Å². The first-order valence-corrected chi connectivity index (χ1v) is 51.9. The van der Waals surface area contributed by atoms with Crippen molar-refractivity contribution in [2.24, 2.45) is 0 Å². The van der Waals surface area contributed by atoms with E-state index in [1.54, 1.807) is 51.1 Å². The van der Waals surface area contributed by atoms with E-state index in [9.17, 15) is 68.6 Å². The average molecular weight is 2360 g/mol. The van der Waals surface area contributed by atoms with Gasteiger partial charge in [0, 0.05) is 268 Å². The summed E-state index contributed by atoms with van der Waals surface area (Å²) in [6.45, 7) is 18.4. The SMILES string of the molecule is BrBr.C1CNCCNC1.CC(C)(C)[O-].ICCCc1ccccc1.O=C1Nc2ccc(Br)c3cccc1c23.O=C1Nc2cccc3cccc1c23.O=C1c2cccc3c(Br)ccc(c23)N1CCCC(F)(F)F.O=C1c2cccc3c(N4CCCN(CCCP)CC4)ccc(c23)N1CCCC(F)(F)F.O=C1c2cccc3c(N4CCCNCC4)ccc(c23)N1CCCC(F)(F)F.O=CO[O-].[K+].[K+].[K]. The summed E-state index contributed by atoms with van der Waals surface area (Å²) in [5.74, 6) is -0.627. The molecule has 0 aliphatic carbocycles. The third kappa shape index (κ3) is 35.0. The number of aryl methyl sites for hydroxylation is 1. The van der Waals surface area contributed by atoms with Crippen LogP contribution in [-0.4, -0.2) is 232 Å². The number of nitrogens with zero attached hydrogens (tertiary/aromatic N) is 6. The van der Waals surface area contributed by atoms with Crippen LogP contribution in [0.5, 0.6) is 0 Å². The van der Waals surface area contributed by atoms with E-state index in [2.05, 4.69) is 168 Å². The minimum absolute atomic E-state index is 0. The summed E-state index contributed by atoms with van der Waals surface area (Å²) in [4.78, 5) is 84.0. The number of carbonyl (C=O) groups excluding carboxylic acids is 6. The van der Waals surface area contributed by atoms with Crippen LogP contribution in [0.2, 0.25) is 0 Å². The van der Waals surface area contributed by atoms with Crippen molar-refractivity contribution in [3.8, 4) is 0 Å². The molecule has 0 spiro atoms. The van der Waals surface area contributed by atoms with E-state index < -0.39 is 43.4 Å². The number of halogens is 14. The second kappa shape index (κ2) is 59.2. The molecular weight excluding hydrogens is 2250 g/mol. The molecule has 11 aromatic rings. The minimum Gasteiger partial charge on any atom is -0.850 e. The Kier molecular flexibility index (Phi) is 51.9. The molecule has 0 bridgehead atoms. The maximum absolute atomic E-state index is 12.9. The fraction of sp³-hybridized carbons (Fsp3) is 0.374. The number of hydrogen-bond donors (Lipinski definition) is 5. The molecule has 1 radical (unpaired) electrons. The van der Waals surface area contributed by atoms with Crippen LogP contribution in [0.1, 0.15) is 149 Å². The van der Waals surface area contributed by atoms with Gasteiger partial charge in [0.1, 0.15) is 0 Å². The van der Waals surface area contributed by atoms with Gasteiger partial charge >= 0.3 is 121 Å². The Morgan fingerprint density at radius 3 is 1.28 bits per heavy atom. The fourth-order valence-electron chi connectivity index (χ4n) is 16.8. The largest absolute Gasteiger partial charge is 1.00 e. The minimum atomic E-state index is -4.20. The van der Waals surface area contributed by atoms with Gasteiger partial charge < -0.3 is 71.2 Å². The van der Waals surface area contributed by atoms with Gasteiger partial charge in [-0.2, -0.15) is 39.5 Å². The molecule has 8 aliphatic heterocycles. The second-order valence-electron chi connectivity index (χ2n) is 33.3. The molecule has 8 aliphatic rings. The summed E-state index contributed by atoms with van der Waals surface area (Å²) >= 11 is 14.8. The third-order valence-corrected chi connectivity index (χ3v) is 25.2. The molecule has 19 rings (SSSR count). The Labute approximate surface area is 969 Å². The van der Waals surface area contributed by atoms with Crippen LogP contribution in [0.3, 0.4) is 0 Å². The van der Waals surface area contributed by atoms with E-state index in [4.69, 9.17) is 10.1 Å². The number of hydrogen-bond acceptors (Lipinski definition) is 15. The van der Waals surface area contributed by atoms with Gasteiger partial charge in [0.05, 0.1) is 17.1 Å². The van der Waals surface area contributed by atoms with Gasteiger partial charge in [-0.25, -0.2) is 0 Å². The molecule has 0 aromatic heterocycles. The predicted octanol–water partition coefficient (Wildman–Crippen LogP) is 15.9. The summed E-state index contributed by atoms with van der Waals surface area (Å²) in [6.07, 6.45) is -7.29. The summed E-state index contributed by atoms with van der Waals surface area (Å²) < 4.78 is 115. The van der Waals surface area contributed by atoms with Crippen LogP contribution in [0.15, 0.2) is 197 Å². The van der Waals surface area contributed by atoms with Crippen LogP contribution >= 0.6 is 91.9 Å². The first kappa shape index (κ1) is 120. The predicted molar refractivity (Wildman–Crippen MR) is 549 cm³/mol. The molecule has 5 N–H and O–H groups in total. The number of benzene rings is 11. The number of nitrogens with one attached hydrogen (secondary N) is 5. The molecule has 3 saturated heterocycles.